The molecule has 26 heavy (non-hydrogen) atoms. The topological polar surface area (TPSA) is 50.3 Å². The second-order valence-electron chi connectivity index (χ2n) is 5.73. The van der Waals surface area contributed by atoms with Gasteiger partial charge in [0.05, 0.1) is 7.11 Å². The van der Waals surface area contributed by atoms with E-state index in [0.29, 0.717) is 18.2 Å². The van der Waals surface area contributed by atoms with E-state index in [-0.39, 0.29) is 0 Å². The number of methoxy groups -OCH3 is 1. The van der Waals surface area contributed by atoms with Crippen molar-refractivity contribution in [2.45, 2.75) is 13.1 Å². The lowest BCUT2D eigenvalue weighted by Gasteiger charge is -2.26. The van der Waals surface area contributed by atoms with Crippen molar-refractivity contribution in [2.24, 2.45) is 0 Å². The molecule has 6 heteroatoms. The van der Waals surface area contributed by atoms with Crippen LogP contribution in [0.15, 0.2) is 73.3 Å². The van der Waals surface area contributed by atoms with Crippen LogP contribution in [0.5, 0.6) is 5.75 Å². The highest BCUT2D eigenvalue weighted by molar-refractivity contribution is 7.80. The molecule has 3 aromatic rings. The number of rotatable bonds is 6. The summed E-state index contributed by atoms with van der Waals surface area (Å²) in [5, 5.41) is 3.94. The largest absolute Gasteiger partial charge is 0.497 e. The highest BCUT2D eigenvalue weighted by atomic mass is 32.1. The van der Waals surface area contributed by atoms with E-state index in [0.717, 1.165) is 22.6 Å². The van der Waals surface area contributed by atoms with Crippen molar-refractivity contribution < 1.29 is 4.74 Å². The minimum atomic E-state index is 0.638. The molecule has 0 atom stereocenters. The fraction of sp³-hybridized carbons (Fsp3) is 0.150. The summed E-state index contributed by atoms with van der Waals surface area (Å²) in [6.07, 6.45) is 7.20. The van der Waals surface area contributed by atoms with Gasteiger partial charge in [0.25, 0.3) is 0 Å². The Morgan fingerprint density at radius 1 is 1.00 bits per heavy atom. The maximum atomic E-state index is 5.67. The molecule has 2 heterocycles. The molecule has 0 radical (unpaired) electrons. The van der Waals surface area contributed by atoms with Gasteiger partial charge in [-0.15, -0.1) is 0 Å². The number of hydrogen-bond donors (Lipinski definition) is 1. The van der Waals surface area contributed by atoms with Crippen molar-refractivity contribution in [1.82, 2.24) is 14.9 Å². The van der Waals surface area contributed by atoms with Crippen molar-refractivity contribution in [3.05, 3.63) is 84.4 Å². The van der Waals surface area contributed by atoms with Crippen LogP contribution in [-0.2, 0) is 13.1 Å². The Balaban J connectivity index is 1.77. The Bertz CT molecular complexity index is 801. The molecule has 1 aromatic carbocycles. The molecule has 0 bridgehead atoms. The Labute approximate surface area is 158 Å². The van der Waals surface area contributed by atoms with E-state index in [4.69, 9.17) is 17.0 Å². The van der Waals surface area contributed by atoms with Gasteiger partial charge in [-0.05, 0) is 53.7 Å². The summed E-state index contributed by atoms with van der Waals surface area (Å²) in [5.41, 5.74) is 3.12. The Hall–Kier alpha value is -2.99. The van der Waals surface area contributed by atoms with E-state index in [9.17, 15) is 0 Å². The fourth-order valence-electron chi connectivity index (χ4n) is 2.52. The lowest BCUT2D eigenvalue weighted by atomic mass is 10.2. The summed E-state index contributed by atoms with van der Waals surface area (Å²) in [4.78, 5) is 10.4. The van der Waals surface area contributed by atoms with Gasteiger partial charge in [-0.1, -0.05) is 12.1 Å². The summed E-state index contributed by atoms with van der Waals surface area (Å²) >= 11 is 5.67. The molecule has 0 aliphatic heterocycles. The molecule has 5 nitrogen and oxygen atoms in total. The maximum absolute atomic E-state index is 5.67. The minimum absolute atomic E-state index is 0.638. The second-order valence-corrected chi connectivity index (χ2v) is 6.12. The molecule has 0 amide bonds. The van der Waals surface area contributed by atoms with Crippen molar-refractivity contribution in [1.29, 1.82) is 0 Å². The zero-order valence-corrected chi connectivity index (χ0v) is 15.3. The Morgan fingerprint density at radius 3 is 2.54 bits per heavy atom. The molecule has 3 rings (SSSR count). The van der Waals surface area contributed by atoms with Gasteiger partial charge in [0.2, 0.25) is 0 Å². The number of anilines is 1. The first-order chi connectivity index (χ1) is 12.7. The smallest absolute Gasteiger partial charge is 0.174 e. The summed E-state index contributed by atoms with van der Waals surface area (Å²) in [6, 6.07) is 15.7. The van der Waals surface area contributed by atoms with Gasteiger partial charge in [0, 0.05) is 49.6 Å². The van der Waals surface area contributed by atoms with Crippen LogP contribution in [0.3, 0.4) is 0 Å². The average molecular weight is 364 g/mol. The van der Waals surface area contributed by atoms with Crippen LogP contribution in [0.25, 0.3) is 0 Å². The van der Waals surface area contributed by atoms with Crippen molar-refractivity contribution in [2.75, 3.05) is 12.4 Å². The fourth-order valence-corrected chi connectivity index (χ4v) is 2.77. The highest BCUT2D eigenvalue weighted by Gasteiger charge is 2.12. The lowest BCUT2D eigenvalue weighted by molar-refractivity contribution is 0.411. The Morgan fingerprint density at radius 2 is 1.81 bits per heavy atom. The predicted molar refractivity (Wildman–Crippen MR) is 107 cm³/mol. The van der Waals surface area contributed by atoms with Gasteiger partial charge >= 0.3 is 0 Å². The van der Waals surface area contributed by atoms with E-state index in [1.807, 2.05) is 54.7 Å². The zero-order valence-electron chi connectivity index (χ0n) is 14.5. The first-order valence-electron chi connectivity index (χ1n) is 8.22. The summed E-state index contributed by atoms with van der Waals surface area (Å²) < 4.78 is 5.28. The first kappa shape index (κ1) is 17.8. The molecule has 0 saturated heterocycles. The Kier molecular flexibility index (Phi) is 6.11. The monoisotopic (exact) mass is 364 g/mol. The average Bonchev–Trinajstić information content (AvgIpc) is 2.69. The van der Waals surface area contributed by atoms with Gasteiger partial charge in [0.15, 0.2) is 5.11 Å². The number of benzene rings is 1. The molecular formula is C20H20N4OS. The van der Waals surface area contributed by atoms with Crippen LogP contribution in [0, 0.1) is 0 Å². The normalized spacial score (nSPS) is 10.2. The number of aromatic nitrogens is 2. The van der Waals surface area contributed by atoms with Crippen LogP contribution in [0.4, 0.5) is 5.69 Å². The SMILES string of the molecule is COc1cccc(NC(=S)N(Cc2ccncc2)Cc2cccnc2)c1. The van der Waals surface area contributed by atoms with Gasteiger partial charge in [-0.2, -0.15) is 0 Å². The molecule has 1 N–H and O–H groups in total. The second kappa shape index (κ2) is 8.92. The van der Waals surface area contributed by atoms with E-state index in [2.05, 4.69) is 20.2 Å². The number of ether oxygens (including phenoxy) is 1. The molecule has 0 spiro atoms. The molecule has 2 aromatic heterocycles. The van der Waals surface area contributed by atoms with E-state index >= 15 is 0 Å². The summed E-state index contributed by atoms with van der Waals surface area (Å²) in [6.45, 7) is 1.33. The van der Waals surface area contributed by atoms with Crippen LogP contribution in [0.2, 0.25) is 0 Å². The molecule has 0 aliphatic rings. The highest BCUT2D eigenvalue weighted by Crippen LogP contribution is 2.18. The molecule has 0 fully saturated rings. The standard InChI is InChI=1S/C20H20N4OS/c1-25-19-6-2-5-18(12-19)23-20(26)24(14-16-7-10-21-11-8-16)15-17-4-3-9-22-13-17/h2-13H,14-15H2,1H3,(H,23,26). The van der Waals surface area contributed by atoms with Crippen LogP contribution in [0.1, 0.15) is 11.1 Å². The maximum Gasteiger partial charge on any atom is 0.174 e. The zero-order chi connectivity index (χ0) is 18.2. The van der Waals surface area contributed by atoms with Gasteiger partial charge in [-0.25, -0.2) is 0 Å². The summed E-state index contributed by atoms with van der Waals surface area (Å²) in [5.74, 6) is 0.783. The van der Waals surface area contributed by atoms with Gasteiger partial charge in [-0.3, -0.25) is 9.97 Å². The number of hydrogen-bond acceptors (Lipinski definition) is 4. The third-order valence-electron chi connectivity index (χ3n) is 3.83. The van der Waals surface area contributed by atoms with Crippen LogP contribution in [-0.4, -0.2) is 27.1 Å². The predicted octanol–water partition coefficient (Wildman–Crippen LogP) is 3.88. The van der Waals surface area contributed by atoms with Gasteiger partial charge in [0.1, 0.15) is 5.75 Å². The van der Waals surface area contributed by atoms with Crippen LogP contribution >= 0.6 is 12.2 Å². The number of nitrogens with zero attached hydrogens (tertiary/aromatic N) is 3. The number of pyridine rings is 2. The third-order valence-corrected chi connectivity index (χ3v) is 4.19. The van der Waals surface area contributed by atoms with Gasteiger partial charge < -0.3 is 15.0 Å². The summed E-state index contributed by atoms with van der Waals surface area (Å²) in [7, 11) is 1.65. The van der Waals surface area contributed by atoms with Crippen LogP contribution < -0.4 is 10.1 Å². The number of thiocarbonyl (C=S) groups is 1. The lowest BCUT2D eigenvalue weighted by Crippen LogP contribution is -2.33. The number of nitrogens with one attached hydrogen (secondary N) is 1. The minimum Gasteiger partial charge on any atom is -0.497 e. The van der Waals surface area contributed by atoms with Crippen molar-refractivity contribution >= 4 is 23.0 Å². The molecule has 0 saturated carbocycles. The molecule has 0 aliphatic carbocycles. The van der Waals surface area contributed by atoms with Crippen molar-refractivity contribution in [3.8, 4) is 5.75 Å². The van der Waals surface area contributed by atoms with E-state index in [1.165, 1.54) is 0 Å². The first-order valence-corrected chi connectivity index (χ1v) is 8.63. The molecule has 0 unspecified atom stereocenters. The molecule has 132 valence electrons. The van der Waals surface area contributed by atoms with Crippen molar-refractivity contribution in [3.63, 3.8) is 0 Å². The van der Waals surface area contributed by atoms with E-state index in [1.54, 1.807) is 25.7 Å². The third kappa shape index (κ3) is 5.00. The molecular weight excluding hydrogens is 344 g/mol. The van der Waals surface area contributed by atoms with E-state index < -0.39 is 0 Å². The quantitative estimate of drug-likeness (QED) is 0.670.